The third kappa shape index (κ3) is 5.04. The smallest absolute Gasteiger partial charge is 0.255 e. The van der Waals surface area contributed by atoms with Crippen molar-refractivity contribution in [3.63, 3.8) is 0 Å². The van der Waals surface area contributed by atoms with E-state index in [1.54, 1.807) is 6.20 Å². The molecule has 6 heteroatoms. The Morgan fingerprint density at radius 3 is 2.77 bits per heavy atom. The number of aryl methyl sites for hydroxylation is 1. The van der Waals surface area contributed by atoms with Crippen molar-refractivity contribution in [1.29, 1.82) is 0 Å². The van der Waals surface area contributed by atoms with Gasteiger partial charge in [0.2, 0.25) is 0 Å². The summed E-state index contributed by atoms with van der Waals surface area (Å²) in [4.78, 5) is 20.5. The fourth-order valence-electron chi connectivity index (χ4n) is 2.56. The van der Waals surface area contributed by atoms with E-state index in [-0.39, 0.29) is 5.91 Å². The van der Waals surface area contributed by atoms with Crippen LogP contribution in [0.25, 0.3) is 0 Å². The standard InChI is InChI=1S/C20H19ClN4O/c1-14-4-2-6-16(10-14)20(26)24-17-7-3-5-15(11-17)8-9-23-19-13-22-12-18(21)25-19/h2-7,10-13H,8-9H2,1H3,(H,23,25)(H,24,26). The van der Waals surface area contributed by atoms with Gasteiger partial charge in [-0.2, -0.15) is 0 Å². The van der Waals surface area contributed by atoms with Gasteiger partial charge in [-0.05, 0) is 43.2 Å². The van der Waals surface area contributed by atoms with E-state index in [2.05, 4.69) is 20.6 Å². The second-order valence-electron chi connectivity index (χ2n) is 5.93. The van der Waals surface area contributed by atoms with Crippen molar-refractivity contribution in [2.75, 3.05) is 17.2 Å². The molecule has 0 bridgehead atoms. The summed E-state index contributed by atoms with van der Waals surface area (Å²) in [5.41, 5.74) is 3.59. The number of amides is 1. The molecular weight excluding hydrogens is 348 g/mol. The topological polar surface area (TPSA) is 66.9 Å². The highest BCUT2D eigenvalue weighted by Gasteiger charge is 2.06. The number of benzene rings is 2. The summed E-state index contributed by atoms with van der Waals surface area (Å²) >= 11 is 5.82. The molecule has 1 amide bonds. The second kappa shape index (κ2) is 8.45. The molecule has 0 spiro atoms. The SMILES string of the molecule is Cc1cccc(C(=O)Nc2cccc(CCNc3cncc(Cl)n3)c2)c1. The fraction of sp³-hybridized carbons (Fsp3) is 0.150. The average Bonchev–Trinajstić information content (AvgIpc) is 2.62. The van der Waals surface area contributed by atoms with E-state index in [1.165, 1.54) is 6.20 Å². The first-order valence-electron chi connectivity index (χ1n) is 8.28. The van der Waals surface area contributed by atoms with Gasteiger partial charge >= 0.3 is 0 Å². The van der Waals surface area contributed by atoms with Gasteiger partial charge in [-0.15, -0.1) is 0 Å². The molecule has 0 saturated heterocycles. The van der Waals surface area contributed by atoms with Crippen molar-refractivity contribution < 1.29 is 4.79 Å². The maximum atomic E-state index is 12.4. The van der Waals surface area contributed by atoms with Crippen molar-refractivity contribution in [1.82, 2.24) is 9.97 Å². The highest BCUT2D eigenvalue weighted by Crippen LogP contribution is 2.14. The zero-order valence-corrected chi connectivity index (χ0v) is 15.1. The minimum Gasteiger partial charge on any atom is -0.368 e. The lowest BCUT2D eigenvalue weighted by Crippen LogP contribution is -2.12. The van der Waals surface area contributed by atoms with Crippen LogP contribution in [0, 0.1) is 6.92 Å². The predicted octanol–water partition coefficient (Wildman–Crippen LogP) is 4.35. The number of anilines is 2. The Bertz CT molecular complexity index is 914. The normalized spacial score (nSPS) is 10.4. The van der Waals surface area contributed by atoms with Crippen LogP contribution in [0.3, 0.4) is 0 Å². The summed E-state index contributed by atoms with van der Waals surface area (Å²) in [6.07, 6.45) is 3.90. The van der Waals surface area contributed by atoms with Gasteiger partial charge in [0.1, 0.15) is 11.0 Å². The first-order chi connectivity index (χ1) is 12.6. The van der Waals surface area contributed by atoms with Crippen LogP contribution in [0.5, 0.6) is 0 Å². The van der Waals surface area contributed by atoms with Gasteiger partial charge in [0.25, 0.3) is 5.91 Å². The van der Waals surface area contributed by atoms with Crippen molar-refractivity contribution in [2.45, 2.75) is 13.3 Å². The van der Waals surface area contributed by atoms with E-state index >= 15 is 0 Å². The van der Waals surface area contributed by atoms with Crippen LogP contribution in [-0.2, 0) is 6.42 Å². The Balaban J connectivity index is 1.58. The lowest BCUT2D eigenvalue weighted by molar-refractivity contribution is 0.102. The number of halogens is 1. The molecule has 1 aromatic heterocycles. The van der Waals surface area contributed by atoms with Gasteiger partial charge in [-0.3, -0.25) is 9.78 Å². The van der Waals surface area contributed by atoms with Crippen molar-refractivity contribution in [3.05, 3.63) is 82.8 Å². The number of hydrogen-bond donors (Lipinski definition) is 2. The molecule has 0 atom stereocenters. The molecule has 0 aliphatic carbocycles. The zero-order chi connectivity index (χ0) is 18.4. The highest BCUT2D eigenvalue weighted by atomic mass is 35.5. The van der Waals surface area contributed by atoms with Crippen LogP contribution < -0.4 is 10.6 Å². The van der Waals surface area contributed by atoms with Crippen LogP contribution >= 0.6 is 11.6 Å². The molecule has 1 heterocycles. The maximum absolute atomic E-state index is 12.4. The Kier molecular flexibility index (Phi) is 5.81. The van der Waals surface area contributed by atoms with Gasteiger partial charge in [0, 0.05) is 17.8 Å². The van der Waals surface area contributed by atoms with E-state index in [0.29, 0.717) is 23.1 Å². The molecule has 5 nitrogen and oxygen atoms in total. The Morgan fingerprint density at radius 2 is 1.96 bits per heavy atom. The van der Waals surface area contributed by atoms with Gasteiger partial charge in [0.05, 0.1) is 12.4 Å². The molecule has 132 valence electrons. The van der Waals surface area contributed by atoms with Gasteiger partial charge in [-0.1, -0.05) is 41.4 Å². The zero-order valence-electron chi connectivity index (χ0n) is 14.4. The summed E-state index contributed by atoms with van der Waals surface area (Å²) < 4.78 is 0. The second-order valence-corrected chi connectivity index (χ2v) is 6.32. The molecule has 3 rings (SSSR count). The molecule has 0 aliphatic heterocycles. The van der Waals surface area contributed by atoms with Crippen LogP contribution in [0.2, 0.25) is 5.15 Å². The van der Waals surface area contributed by atoms with Crippen molar-refractivity contribution in [3.8, 4) is 0 Å². The van der Waals surface area contributed by atoms with Crippen molar-refractivity contribution >= 4 is 29.0 Å². The first-order valence-corrected chi connectivity index (χ1v) is 8.66. The summed E-state index contributed by atoms with van der Waals surface area (Å²) in [6, 6.07) is 15.3. The minimum atomic E-state index is -0.113. The van der Waals surface area contributed by atoms with Gasteiger partial charge in [0.15, 0.2) is 0 Å². The van der Waals surface area contributed by atoms with Gasteiger partial charge in [-0.25, -0.2) is 4.98 Å². The number of rotatable bonds is 6. The molecule has 0 aliphatic rings. The fourth-order valence-corrected chi connectivity index (χ4v) is 2.70. The van der Waals surface area contributed by atoms with Crippen LogP contribution in [0.15, 0.2) is 60.9 Å². The summed E-state index contributed by atoms with van der Waals surface area (Å²) in [7, 11) is 0. The first kappa shape index (κ1) is 17.9. The largest absolute Gasteiger partial charge is 0.368 e. The molecular formula is C20H19ClN4O. The Hall–Kier alpha value is -2.92. The lowest BCUT2D eigenvalue weighted by Gasteiger charge is -2.09. The minimum absolute atomic E-state index is 0.113. The average molecular weight is 367 g/mol. The summed E-state index contributed by atoms with van der Waals surface area (Å²) in [5, 5.41) is 6.48. The number of nitrogens with zero attached hydrogens (tertiary/aromatic N) is 2. The monoisotopic (exact) mass is 366 g/mol. The molecule has 26 heavy (non-hydrogen) atoms. The number of carbonyl (C=O) groups excluding carboxylic acids is 1. The molecule has 2 aromatic carbocycles. The number of hydrogen-bond acceptors (Lipinski definition) is 4. The molecule has 0 fully saturated rings. The van der Waals surface area contributed by atoms with Crippen molar-refractivity contribution in [2.24, 2.45) is 0 Å². The molecule has 0 unspecified atom stereocenters. The maximum Gasteiger partial charge on any atom is 0.255 e. The Labute approximate surface area is 157 Å². The molecule has 0 saturated carbocycles. The quantitative estimate of drug-likeness (QED) is 0.680. The highest BCUT2D eigenvalue weighted by molar-refractivity contribution is 6.29. The number of nitrogens with one attached hydrogen (secondary N) is 2. The summed E-state index contributed by atoms with van der Waals surface area (Å²) in [5.74, 6) is 0.527. The van der Waals surface area contributed by atoms with E-state index in [1.807, 2.05) is 55.5 Å². The van der Waals surface area contributed by atoms with E-state index in [0.717, 1.165) is 23.2 Å². The molecule has 3 aromatic rings. The third-order valence-corrected chi connectivity index (χ3v) is 3.97. The molecule has 2 N–H and O–H groups in total. The predicted molar refractivity (Wildman–Crippen MR) is 105 cm³/mol. The van der Waals surface area contributed by atoms with Crippen LogP contribution in [0.1, 0.15) is 21.5 Å². The van der Waals surface area contributed by atoms with E-state index < -0.39 is 0 Å². The van der Waals surface area contributed by atoms with Crippen LogP contribution in [-0.4, -0.2) is 22.4 Å². The number of aromatic nitrogens is 2. The molecule has 0 radical (unpaired) electrons. The van der Waals surface area contributed by atoms with E-state index in [9.17, 15) is 4.79 Å². The number of carbonyl (C=O) groups is 1. The Morgan fingerprint density at radius 1 is 1.12 bits per heavy atom. The summed E-state index contributed by atoms with van der Waals surface area (Å²) in [6.45, 7) is 2.65. The lowest BCUT2D eigenvalue weighted by atomic mass is 10.1. The van der Waals surface area contributed by atoms with E-state index in [4.69, 9.17) is 11.6 Å². The van der Waals surface area contributed by atoms with Crippen LogP contribution in [0.4, 0.5) is 11.5 Å². The third-order valence-electron chi connectivity index (χ3n) is 3.79. The van der Waals surface area contributed by atoms with Gasteiger partial charge < -0.3 is 10.6 Å².